The van der Waals surface area contributed by atoms with Crippen molar-refractivity contribution in [3.63, 3.8) is 0 Å². The second kappa shape index (κ2) is 6.53. The maximum atomic E-state index is 11.9. The van der Waals surface area contributed by atoms with Crippen LogP contribution in [0.1, 0.15) is 47.0 Å². The fourth-order valence-electron chi connectivity index (χ4n) is 2.78. The van der Waals surface area contributed by atoms with Gasteiger partial charge in [-0.05, 0) is 40.0 Å². The van der Waals surface area contributed by atoms with E-state index in [1.165, 1.54) is 0 Å². The van der Waals surface area contributed by atoms with Crippen LogP contribution in [0.15, 0.2) is 0 Å². The fourth-order valence-corrected chi connectivity index (χ4v) is 2.78. The highest BCUT2D eigenvalue weighted by atomic mass is 16.5. The van der Waals surface area contributed by atoms with Gasteiger partial charge in [-0.1, -0.05) is 6.92 Å². The van der Waals surface area contributed by atoms with Gasteiger partial charge in [-0.25, -0.2) is 0 Å². The van der Waals surface area contributed by atoms with Crippen molar-refractivity contribution in [2.45, 2.75) is 58.6 Å². The van der Waals surface area contributed by atoms with Gasteiger partial charge in [0.2, 0.25) is 0 Å². The second-order valence-corrected chi connectivity index (χ2v) is 5.45. The smallest absolute Gasteiger partial charge is 0.311 e. The van der Waals surface area contributed by atoms with Crippen LogP contribution in [0.25, 0.3) is 0 Å². The zero-order valence-corrected chi connectivity index (χ0v) is 12.1. The minimum Gasteiger partial charge on any atom is -0.466 e. The third-order valence-corrected chi connectivity index (χ3v) is 4.02. The van der Waals surface area contributed by atoms with Crippen molar-refractivity contribution >= 4 is 5.97 Å². The number of nitrogens with zero attached hydrogens (tertiary/aromatic N) is 1. The molecule has 1 fully saturated rings. The van der Waals surface area contributed by atoms with Gasteiger partial charge in [-0.3, -0.25) is 4.79 Å². The Labute approximate surface area is 110 Å². The predicted molar refractivity (Wildman–Crippen MR) is 71.3 cm³/mol. The minimum absolute atomic E-state index is 0.250. The molecule has 1 aliphatic heterocycles. The van der Waals surface area contributed by atoms with Gasteiger partial charge in [0.05, 0.1) is 18.1 Å². The molecule has 0 spiro atoms. The molecule has 0 bridgehead atoms. The molecule has 1 unspecified atom stereocenters. The van der Waals surface area contributed by atoms with Gasteiger partial charge in [0.1, 0.15) is 0 Å². The van der Waals surface area contributed by atoms with Crippen LogP contribution in [0.5, 0.6) is 0 Å². The topological polar surface area (TPSA) is 49.8 Å². The molecular weight excluding hydrogens is 230 g/mol. The van der Waals surface area contributed by atoms with Gasteiger partial charge in [0.15, 0.2) is 0 Å². The second-order valence-electron chi connectivity index (χ2n) is 5.45. The van der Waals surface area contributed by atoms with Crippen LogP contribution >= 0.6 is 0 Å². The molecule has 1 saturated heterocycles. The van der Waals surface area contributed by atoms with Crippen LogP contribution in [0.4, 0.5) is 0 Å². The summed E-state index contributed by atoms with van der Waals surface area (Å²) in [6, 6.07) is 0.497. The maximum Gasteiger partial charge on any atom is 0.311 e. The van der Waals surface area contributed by atoms with Crippen molar-refractivity contribution in [1.29, 1.82) is 0 Å². The summed E-state index contributed by atoms with van der Waals surface area (Å²) < 4.78 is 5.08. The average molecular weight is 257 g/mol. The molecule has 106 valence electrons. The average Bonchev–Trinajstić information content (AvgIpc) is 2.30. The summed E-state index contributed by atoms with van der Waals surface area (Å²) in [6.45, 7) is 10.1. The quantitative estimate of drug-likeness (QED) is 0.763. The van der Waals surface area contributed by atoms with Crippen LogP contribution in [-0.2, 0) is 9.53 Å². The van der Waals surface area contributed by atoms with Crippen molar-refractivity contribution in [3.05, 3.63) is 0 Å². The number of likely N-dealkylation sites (tertiary alicyclic amines) is 1. The van der Waals surface area contributed by atoms with E-state index in [-0.39, 0.29) is 11.9 Å². The van der Waals surface area contributed by atoms with Gasteiger partial charge in [0.25, 0.3) is 0 Å². The summed E-state index contributed by atoms with van der Waals surface area (Å²) in [5, 5.41) is 10.7. The predicted octanol–water partition coefficient (Wildman–Crippen LogP) is 1.81. The summed E-state index contributed by atoms with van der Waals surface area (Å²) in [5.74, 6) is -0.632. The lowest BCUT2D eigenvalue weighted by Gasteiger charge is -2.43. The van der Waals surface area contributed by atoms with E-state index in [9.17, 15) is 9.90 Å². The standard InChI is InChI=1S/C14H27NO3/c1-5-12(13(16)18-6-2)14(17)7-9-15(10-8-14)11(3)4/h11-12,17H,5-10H2,1-4H3. The first kappa shape index (κ1) is 15.4. The largest absolute Gasteiger partial charge is 0.466 e. The summed E-state index contributed by atoms with van der Waals surface area (Å²) in [7, 11) is 0. The number of hydrogen-bond donors (Lipinski definition) is 1. The van der Waals surface area contributed by atoms with Crippen LogP contribution in [0.3, 0.4) is 0 Å². The monoisotopic (exact) mass is 257 g/mol. The Balaban J connectivity index is 2.66. The lowest BCUT2D eigenvalue weighted by Crippen LogP contribution is -2.52. The highest BCUT2D eigenvalue weighted by molar-refractivity contribution is 5.73. The van der Waals surface area contributed by atoms with E-state index in [0.29, 0.717) is 31.9 Å². The Hall–Kier alpha value is -0.610. The zero-order valence-electron chi connectivity index (χ0n) is 12.1. The molecule has 0 aromatic carbocycles. The number of piperidine rings is 1. The Morgan fingerprint density at radius 3 is 2.28 bits per heavy atom. The molecule has 18 heavy (non-hydrogen) atoms. The van der Waals surface area contributed by atoms with E-state index in [2.05, 4.69) is 18.7 Å². The molecule has 1 heterocycles. The lowest BCUT2D eigenvalue weighted by molar-refractivity contribution is -0.163. The number of esters is 1. The zero-order chi connectivity index (χ0) is 13.8. The number of rotatable bonds is 5. The molecule has 0 saturated carbocycles. The maximum absolute atomic E-state index is 11.9. The highest BCUT2D eigenvalue weighted by Crippen LogP contribution is 2.33. The van der Waals surface area contributed by atoms with Crippen molar-refractivity contribution in [3.8, 4) is 0 Å². The summed E-state index contributed by atoms with van der Waals surface area (Å²) >= 11 is 0. The highest BCUT2D eigenvalue weighted by Gasteiger charge is 2.43. The number of aliphatic hydroxyl groups is 1. The number of carbonyl (C=O) groups excluding carboxylic acids is 1. The molecule has 4 nitrogen and oxygen atoms in total. The Morgan fingerprint density at radius 2 is 1.89 bits per heavy atom. The first-order valence-corrected chi connectivity index (χ1v) is 7.07. The van der Waals surface area contributed by atoms with Gasteiger partial charge >= 0.3 is 5.97 Å². The van der Waals surface area contributed by atoms with Crippen LogP contribution < -0.4 is 0 Å². The van der Waals surface area contributed by atoms with Gasteiger partial charge in [0, 0.05) is 19.1 Å². The minimum atomic E-state index is -0.883. The summed E-state index contributed by atoms with van der Waals surface area (Å²) in [5.41, 5.74) is -0.883. The Kier molecular flexibility index (Phi) is 5.60. The molecule has 4 heteroatoms. The lowest BCUT2D eigenvalue weighted by atomic mass is 9.78. The number of hydrogen-bond acceptors (Lipinski definition) is 4. The summed E-state index contributed by atoms with van der Waals surface area (Å²) in [4.78, 5) is 14.2. The van der Waals surface area contributed by atoms with E-state index in [1.807, 2.05) is 6.92 Å². The van der Waals surface area contributed by atoms with Crippen LogP contribution in [-0.4, -0.2) is 47.3 Å². The fraction of sp³-hybridized carbons (Fsp3) is 0.929. The molecule has 0 amide bonds. The van der Waals surface area contributed by atoms with Gasteiger partial charge < -0.3 is 14.7 Å². The van der Waals surface area contributed by atoms with Gasteiger partial charge in [-0.15, -0.1) is 0 Å². The molecule has 0 radical (unpaired) electrons. The molecular formula is C14H27NO3. The number of carbonyl (C=O) groups is 1. The van der Waals surface area contributed by atoms with E-state index < -0.39 is 5.60 Å². The summed E-state index contributed by atoms with van der Waals surface area (Å²) in [6.07, 6.45) is 1.95. The Morgan fingerprint density at radius 1 is 1.33 bits per heavy atom. The van der Waals surface area contributed by atoms with Gasteiger partial charge in [-0.2, -0.15) is 0 Å². The molecule has 1 N–H and O–H groups in total. The number of ether oxygens (including phenoxy) is 1. The van der Waals surface area contributed by atoms with E-state index >= 15 is 0 Å². The van der Waals surface area contributed by atoms with E-state index in [4.69, 9.17) is 4.74 Å². The third kappa shape index (κ3) is 3.45. The first-order valence-electron chi connectivity index (χ1n) is 7.07. The Bertz CT molecular complexity index is 270. The van der Waals surface area contributed by atoms with Crippen molar-refractivity contribution in [2.24, 2.45) is 5.92 Å². The molecule has 0 aromatic rings. The molecule has 0 aliphatic carbocycles. The first-order chi connectivity index (χ1) is 8.44. The van der Waals surface area contributed by atoms with Crippen molar-refractivity contribution in [2.75, 3.05) is 19.7 Å². The van der Waals surface area contributed by atoms with Crippen LogP contribution in [0.2, 0.25) is 0 Å². The van der Waals surface area contributed by atoms with Crippen LogP contribution in [0, 0.1) is 5.92 Å². The van der Waals surface area contributed by atoms with E-state index in [1.54, 1.807) is 6.92 Å². The van der Waals surface area contributed by atoms with Crippen molar-refractivity contribution < 1.29 is 14.6 Å². The molecule has 0 aromatic heterocycles. The molecule has 1 atom stereocenters. The van der Waals surface area contributed by atoms with E-state index in [0.717, 1.165) is 13.1 Å². The molecule has 1 aliphatic rings. The molecule has 1 rings (SSSR count). The van der Waals surface area contributed by atoms with Crippen molar-refractivity contribution in [1.82, 2.24) is 4.90 Å². The normalized spacial score (nSPS) is 21.9. The SMILES string of the molecule is CCOC(=O)C(CC)C1(O)CCN(C(C)C)CC1. The third-order valence-electron chi connectivity index (χ3n) is 4.02.